The topological polar surface area (TPSA) is 83.8 Å². The number of hydrogen-bond acceptors (Lipinski definition) is 5. The number of para-hydroxylation sites is 2. The van der Waals surface area contributed by atoms with Crippen LogP contribution in [0.2, 0.25) is 0 Å². The van der Waals surface area contributed by atoms with Crippen molar-refractivity contribution in [3.8, 4) is 11.5 Å². The third-order valence-electron chi connectivity index (χ3n) is 3.15. The van der Waals surface area contributed by atoms with E-state index in [1.165, 1.54) is 36.4 Å². The zero-order chi connectivity index (χ0) is 14.3. The highest BCUT2D eigenvalue weighted by atomic mass is 16.6. The predicted octanol–water partition coefficient (Wildman–Crippen LogP) is 1.54. The number of aromatic hydroxyl groups is 1. The number of carbonyl (C=O) groups is 2. The molecule has 0 saturated heterocycles. The SMILES string of the molecule is O=C(c1ccccc1O)C1(O)Oc2ccccc2C1=O. The Bertz CT molecular complexity index is 722. The van der Waals surface area contributed by atoms with Crippen LogP contribution in [0.25, 0.3) is 0 Å². The van der Waals surface area contributed by atoms with Crippen molar-refractivity contribution in [2.24, 2.45) is 0 Å². The van der Waals surface area contributed by atoms with Crippen molar-refractivity contribution >= 4 is 11.6 Å². The van der Waals surface area contributed by atoms with Crippen molar-refractivity contribution in [1.82, 2.24) is 0 Å². The fourth-order valence-electron chi connectivity index (χ4n) is 2.13. The monoisotopic (exact) mass is 270 g/mol. The molecule has 0 bridgehead atoms. The number of ether oxygens (including phenoxy) is 1. The fourth-order valence-corrected chi connectivity index (χ4v) is 2.13. The molecular weight excluding hydrogens is 260 g/mol. The van der Waals surface area contributed by atoms with Gasteiger partial charge in [0.1, 0.15) is 11.5 Å². The maximum Gasteiger partial charge on any atom is 0.339 e. The van der Waals surface area contributed by atoms with Gasteiger partial charge < -0.3 is 14.9 Å². The van der Waals surface area contributed by atoms with Crippen molar-refractivity contribution in [1.29, 1.82) is 0 Å². The summed E-state index contributed by atoms with van der Waals surface area (Å²) in [5.41, 5.74) is -0.0325. The van der Waals surface area contributed by atoms with E-state index >= 15 is 0 Å². The molecule has 3 rings (SSSR count). The lowest BCUT2D eigenvalue weighted by molar-refractivity contribution is -0.0619. The first-order chi connectivity index (χ1) is 9.54. The maximum atomic E-state index is 12.3. The predicted molar refractivity (Wildman–Crippen MR) is 68.8 cm³/mol. The van der Waals surface area contributed by atoms with Gasteiger partial charge in [-0.1, -0.05) is 24.3 Å². The summed E-state index contributed by atoms with van der Waals surface area (Å²) in [6, 6.07) is 11.8. The number of carbonyl (C=O) groups excluding carboxylic acids is 2. The zero-order valence-corrected chi connectivity index (χ0v) is 10.2. The molecule has 2 aromatic rings. The van der Waals surface area contributed by atoms with Crippen LogP contribution >= 0.6 is 0 Å². The number of rotatable bonds is 2. The van der Waals surface area contributed by atoms with Gasteiger partial charge in [-0.3, -0.25) is 9.59 Å². The van der Waals surface area contributed by atoms with E-state index in [0.29, 0.717) is 0 Å². The zero-order valence-electron chi connectivity index (χ0n) is 10.2. The van der Waals surface area contributed by atoms with Crippen LogP contribution in [0, 0.1) is 0 Å². The molecule has 1 heterocycles. The minimum Gasteiger partial charge on any atom is -0.507 e. The lowest BCUT2D eigenvalue weighted by Gasteiger charge is -2.19. The molecule has 0 saturated carbocycles. The van der Waals surface area contributed by atoms with Gasteiger partial charge in [0.05, 0.1) is 11.1 Å². The summed E-state index contributed by atoms with van der Waals surface area (Å²) in [6.07, 6.45) is 0. The lowest BCUT2D eigenvalue weighted by Crippen LogP contribution is -2.48. The Balaban J connectivity index is 2.06. The highest BCUT2D eigenvalue weighted by Crippen LogP contribution is 2.36. The van der Waals surface area contributed by atoms with Crippen molar-refractivity contribution in [3.05, 3.63) is 59.7 Å². The maximum absolute atomic E-state index is 12.3. The van der Waals surface area contributed by atoms with Crippen molar-refractivity contribution < 1.29 is 24.5 Å². The number of benzene rings is 2. The average Bonchev–Trinajstić information content (AvgIpc) is 2.72. The molecule has 1 unspecified atom stereocenters. The average molecular weight is 270 g/mol. The number of ketones is 2. The number of fused-ring (bicyclic) bond motifs is 1. The third kappa shape index (κ3) is 1.60. The van der Waals surface area contributed by atoms with Crippen LogP contribution in [-0.2, 0) is 0 Å². The first-order valence-electron chi connectivity index (χ1n) is 5.92. The molecule has 0 fully saturated rings. The first-order valence-corrected chi connectivity index (χ1v) is 5.92. The third-order valence-corrected chi connectivity index (χ3v) is 3.15. The van der Waals surface area contributed by atoms with Crippen LogP contribution in [-0.4, -0.2) is 27.6 Å². The van der Waals surface area contributed by atoms with Gasteiger partial charge in [0.15, 0.2) is 0 Å². The van der Waals surface area contributed by atoms with Crippen molar-refractivity contribution in [2.75, 3.05) is 0 Å². The number of hydrogen-bond donors (Lipinski definition) is 2. The van der Waals surface area contributed by atoms with E-state index in [2.05, 4.69) is 0 Å². The summed E-state index contributed by atoms with van der Waals surface area (Å²) in [5.74, 6) is -4.62. The Kier molecular flexibility index (Phi) is 2.59. The van der Waals surface area contributed by atoms with E-state index in [-0.39, 0.29) is 22.6 Å². The van der Waals surface area contributed by atoms with Gasteiger partial charge in [-0.05, 0) is 24.3 Å². The van der Waals surface area contributed by atoms with Gasteiger partial charge in [-0.2, -0.15) is 0 Å². The summed E-state index contributed by atoms with van der Waals surface area (Å²) in [5, 5.41) is 20.0. The van der Waals surface area contributed by atoms with E-state index in [1.807, 2.05) is 0 Å². The Labute approximate surface area is 114 Å². The van der Waals surface area contributed by atoms with E-state index < -0.39 is 17.4 Å². The van der Waals surface area contributed by atoms with Crippen LogP contribution in [0.3, 0.4) is 0 Å². The van der Waals surface area contributed by atoms with Gasteiger partial charge in [0, 0.05) is 0 Å². The summed E-state index contributed by atoms with van der Waals surface area (Å²) < 4.78 is 5.12. The van der Waals surface area contributed by atoms with Gasteiger partial charge in [-0.15, -0.1) is 0 Å². The Morgan fingerprint density at radius 3 is 2.40 bits per heavy atom. The van der Waals surface area contributed by atoms with Gasteiger partial charge in [0.25, 0.3) is 0 Å². The second kappa shape index (κ2) is 4.18. The minimum atomic E-state index is -2.62. The van der Waals surface area contributed by atoms with E-state index in [1.54, 1.807) is 12.1 Å². The standard InChI is InChI=1S/C15H10O5/c16-11-7-3-1-5-9(11)13(17)15(19)14(18)10-6-2-4-8-12(10)20-15/h1-8,16,19H. The molecule has 0 radical (unpaired) electrons. The first kappa shape index (κ1) is 12.4. The number of phenols is 1. The molecule has 0 aromatic heterocycles. The second-order valence-electron chi connectivity index (χ2n) is 4.42. The van der Waals surface area contributed by atoms with Crippen molar-refractivity contribution in [3.63, 3.8) is 0 Å². The van der Waals surface area contributed by atoms with Crippen LogP contribution in [0.5, 0.6) is 11.5 Å². The highest BCUT2D eigenvalue weighted by Gasteiger charge is 2.53. The number of Topliss-reactive ketones (excluding diaryl/α,β-unsaturated/α-hetero) is 2. The smallest absolute Gasteiger partial charge is 0.339 e. The minimum absolute atomic E-state index is 0.138. The molecule has 100 valence electrons. The van der Waals surface area contributed by atoms with E-state index in [0.717, 1.165) is 0 Å². The van der Waals surface area contributed by atoms with Gasteiger partial charge in [-0.25, -0.2) is 0 Å². The Morgan fingerprint density at radius 2 is 1.70 bits per heavy atom. The normalized spacial score (nSPS) is 20.4. The van der Waals surface area contributed by atoms with Crippen LogP contribution in [0.4, 0.5) is 0 Å². The molecule has 1 atom stereocenters. The van der Waals surface area contributed by atoms with Crippen LogP contribution in [0.15, 0.2) is 48.5 Å². The summed E-state index contributed by atoms with van der Waals surface area (Å²) >= 11 is 0. The Morgan fingerprint density at radius 1 is 1.05 bits per heavy atom. The molecule has 0 amide bonds. The Hall–Kier alpha value is -2.66. The molecular formula is C15H10O5. The highest BCUT2D eigenvalue weighted by molar-refractivity contribution is 6.24. The van der Waals surface area contributed by atoms with Crippen molar-refractivity contribution in [2.45, 2.75) is 5.79 Å². The summed E-state index contributed by atoms with van der Waals surface area (Å²) in [7, 11) is 0. The molecule has 1 aliphatic rings. The quantitative estimate of drug-likeness (QED) is 0.638. The number of aliphatic hydroxyl groups is 1. The van der Waals surface area contributed by atoms with Crippen LogP contribution in [0.1, 0.15) is 20.7 Å². The largest absolute Gasteiger partial charge is 0.507 e. The second-order valence-corrected chi connectivity index (χ2v) is 4.42. The van der Waals surface area contributed by atoms with Gasteiger partial charge >= 0.3 is 5.79 Å². The molecule has 5 heteroatoms. The van der Waals surface area contributed by atoms with Crippen LogP contribution < -0.4 is 4.74 Å². The summed E-state index contributed by atoms with van der Waals surface area (Å²) in [4.78, 5) is 24.5. The molecule has 20 heavy (non-hydrogen) atoms. The fraction of sp³-hybridized carbons (Fsp3) is 0.0667. The van der Waals surface area contributed by atoms with E-state index in [4.69, 9.17) is 4.74 Å². The lowest BCUT2D eigenvalue weighted by atomic mass is 9.97. The summed E-state index contributed by atoms with van der Waals surface area (Å²) in [6.45, 7) is 0. The number of phenolic OH excluding ortho intramolecular Hbond substituents is 1. The molecule has 0 spiro atoms. The molecule has 1 aliphatic heterocycles. The van der Waals surface area contributed by atoms with Gasteiger partial charge in [0.2, 0.25) is 11.6 Å². The van der Waals surface area contributed by atoms with E-state index in [9.17, 15) is 19.8 Å². The molecule has 2 N–H and O–H groups in total. The molecule has 5 nitrogen and oxygen atoms in total. The molecule has 0 aliphatic carbocycles. The molecule has 2 aromatic carbocycles.